The number of fused-ring (bicyclic) bond motifs is 6. The van der Waals surface area contributed by atoms with E-state index in [2.05, 4.69) is 199 Å². The number of hydrogen-bond donors (Lipinski definition) is 0. The lowest BCUT2D eigenvalue weighted by molar-refractivity contribution is 1.07. The molecule has 314 valence electrons. The molecular formula is C64H38N4. The molecule has 11 aromatic carbocycles. The van der Waals surface area contributed by atoms with Gasteiger partial charge in [-0.05, 0) is 123 Å². The van der Waals surface area contributed by atoms with Crippen LogP contribution in [0.2, 0.25) is 0 Å². The number of nitrogens with zero attached hydrogens (tertiary/aromatic N) is 4. The van der Waals surface area contributed by atoms with Crippen LogP contribution in [-0.2, 0) is 0 Å². The molecule has 4 nitrogen and oxygen atoms in total. The van der Waals surface area contributed by atoms with Crippen LogP contribution in [0.15, 0.2) is 231 Å². The fraction of sp³-hybridized carbons (Fsp3) is 0. The molecule has 13 rings (SSSR count). The van der Waals surface area contributed by atoms with Crippen molar-refractivity contribution in [3.8, 4) is 101 Å². The first kappa shape index (κ1) is 39.1. The summed E-state index contributed by atoms with van der Waals surface area (Å²) in [5.74, 6) is 1.85. The Kier molecular flexibility index (Phi) is 9.20. The molecule has 0 bridgehead atoms. The molecule has 1 aromatic heterocycles. The predicted molar refractivity (Wildman–Crippen MR) is 281 cm³/mol. The first-order valence-electron chi connectivity index (χ1n) is 22.9. The molecule has 0 aliphatic heterocycles. The molecule has 68 heavy (non-hydrogen) atoms. The van der Waals surface area contributed by atoms with Crippen LogP contribution in [0.5, 0.6) is 0 Å². The van der Waals surface area contributed by atoms with Crippen molar-refractivity contribution >= 4 is 38.0 Å². The molecule has 0 saturated carbocycles. The summed E-state index contributed by atoms with van der Waals surface area (Å²) in [5, 5.41) is 7.40. The molecule has 0 unspecified atom stereocenters. The molecule has 1 aliphatic carbocycles. The Hall–Kier alpha value is -9.30. The fourth-order valence-corrected chi connectivity index (χ4v) is 10.3. The Morgan fingerprint density at radius 2 is 0.735 bits per heavy atom. The van der Waals surface area contributed by atoms with Gasteiger partial charge in [-0.2, -0.15) is 0 Å². The van der Waals surface area contributed by atoms with Gasteiger partial charge in [-0.1, -0.05) is 206 Å². The number of aromatic nitrogens is 3. The number of rotatable bonds is 7. The van der Waals surface area contributed by atoms with Gasteiger partial charge in [0.15, 0.2) is 23.2 Å². The molecule has 1 heterocycles. The average molecular weight is 863 g/mol. The molecular weight excluding hydrogens is 825 g/mol. The lowest BCUT2D eigenvalue weighted by Gasteiger charge is -2.16. The lowest BCUT2D eigenvalue weighted by Crippen LogP contribution is -2.00. The van der Waals surface area contributed by atoms with Crippen LogP contribution >= 0.6 is 0 Å². The molecule has 0 saturated heterocycles. The summed E-state index contributed by atoms with van der Waals surface area (Å²) in [7, 11) is 0. The topological polar surface area (TPSA) is 43.0 Å². The zero-order chi connectivity index (χ0) is 45.1. The third-order valence-corrected chi connectivity index (χ3v) is 13.5. The zero-order valence-electron chi connectivity index (χ0n) is 36.7. The van der Waals surface area contributed by atoms with Gasteiger partial charge in [-0.15, -0.1) is 0 Å². The molecule has 0 N–H and O–H groups in total. The lowest BCUT2D eigenvalue weighted by atomic mass is 9.89. The van der Waals surface area contributed by atoms with E-state index in [1.807, 2.05) is 36.4 Å². The molecule has 0 atom stereocenters. The van der Waals surface area contributed by atoms with Gasteiger partial charge in [0, 0.05) is 16.7 Å². The number of benzene rings is 11. The van der Waals surface area contributed by atoms with Crippen molar-refractivity contribution in [3.05, 3.63) is 242 Å². The highest BCUT2D eigenvalue weighted by molar-refractivity contribution is 6.16. The summed E-state index contributed by atoms with van der Waals surface area (Å²) >= 11 is 0. The molecule has 0 amide bonds. The maximum absolute atomic E-state index is 8.40. The summed E-state index contributed by atoms with van der Waals surface area (Å²) in [6.45, 7) is 8.40. The Labute approximate surface area is 394 Å². The van der Waals surface area contributed by atoms with Gasteiger partial charge in [-0.3, -0.25) is 0 Å². The van der Waals surface area contributed by atoms with Gasteiger partial charge >= 0.3 is 0 Å². The fourth-order valence-electron chi connectivity index (χ4n) is 10.3. The van der Waals surface area contributed by atoms with Crippen LogP contribution in [0.25, 0.3) is 138 Å². The van der Waals surface area contributed by atoms with Crippen LogP contribution in [-0.4, -0.2) is 15.0 Å². The average Bonchev–Trinajstić information content (AvgIpc) is 3.74. The van der Waals surface area contributed by atoms with Crippen LogP contribution in [0.1, 0.15) is 0 Å². The molecule has 0 spiro atoms. The maximum Gasteiger partial charge on any atom is 0.195 e. The zero-order valence-corrected chi connectivity index (χ0v) is 36.7. The van der Waals surface area contributed by atoms with Crippen LogP contribution in [0.3, 0.4) is 0 Å². The smallest absolute Gasteiger partial charge is 0.195 e. The van der Waals surface area contributed by atoms with E-state index in [0.717, 1.165) is 61.2 Å². The van der Waals surface area contributed by atoms with E-state index in [-0.39, 0.29) is 0 Å². The van der Waals surface area contributed by atoms with E-state index < -0.39 is 0 Å². The van der Waals surface area contributed by atoms with Gasteiger partial charge in [0.25, 0.3) is 0 Å². The minimum atomic E-state index is 0.604. The highest BCUT2D eigenvalue weighted by Gasteiger charge is 2.23. The van der Waals surface area contributed by atoms with Crippen molar-refractivity contribution in [3.63, 3.8) is 0 Å². The highest BCUT2D eigenvalue weighted by Crippen LogP contribution is 2.48. The summed E-state index contributed by atoms with van der Waals surface area (Å²) in [5.41, 5.74) is 16.6. The molecule has 12 aromatic rings. The third kappa shape index (κ3) is 6.56. The summed E-state index contributed by atoms with van der Waals surface area (Å²) < 4.78 is 0. The summed E-state index contributed by atoms with van der Waals surface area (Å²) in [6, 6.07) is 81.0. The normalized spacial score (nSPS) is 11.5. The Bertz CT molecular complexity index is 4050. The van der Waals surface area contributed by atoms with E-state index in [1.165, 1.54) is 54.6 Å². The second-order valence-electron chi connectivity index (χ2n) is 17.4. The monoisotopic (exact) mass is 862 g/mol. The number of hydrogen-bond acceptors (Lipinski definition) is 3. The van der Waals surface area contributed by atoms with Gasteiger partial charge in [0.05, 0.1) is 6.57 Å². The van der Waals surface area contributed by atoms with E-state index >= 15 is 0 Å². The SMILES string of the molecule is [C-]#[N+]c1cc(-c2cccc(-c3cccc(-c4nc(-c5ccccc5)nc(-c5ccc6c(c5)-c5cccc7cccc-6c57)n4)c3)c2)ccc1-c1ccccc1-c1cccc2c1ccc1ccccc12. The van der Waals surface area contributed by atoms with Crippen molar-refractivity contribution in [2.75, 3.05) is 0 Å². The third-order valence-electron chi connectivity index (χ3n) is 13.5. The largest absolute Gasteiger partial charge is 0.237 e. The van der Waals surface area contributed by atoms with Crippen molar-refractivity contribution in [2.45, 2.75) is 0 Å². The molecule has 4 heteroatoms. The van der Waals surface area contributed by atoms with E-state index in [0.29, 0.717) is 23.2 Å². The second kappa shape index (κ2) is 16.0. The quantitative estimate of drug-likeness (QED) is 0.118. The Morgan fingerprint density at radius 3 is 1.49 bits per heavy atom. The van der Waals surface area contributed by atoms with Crippen molar-refractivity contribution < 1.29 is 0 Å². The second-order valence-corrected chi connectivity index (χ2v) is 17.4. The van der Waals surface area contributed by atoms with E-state index in [4.69, 9.17) is 21.5 Å². The van der Waals surface area contributed by atoms with Crippen LogP contribution in [0.4, 0.5) is 5.69 Å². The van der Waals surface area contributed by atoms with Crippen molar-refractivity contribution in [1.29, 1.82) is 0 Å². The van der Waals surface area contributed by atoms with Crippen LogP contribution < -0.4 is 0 Å². The molecule has 1 aliphatic rings. The highest BCUT2D eigenvalue weighted by atomic mass is 15.0. The Balaban J connectivity index is 0.856. The Morgan fingerprint density at radius 1 is 0.265 bits per heavy atom. The first-order chi connectivity index (χ1) is 33.6. The van der Waals surface area contributed by atoms with E-state index in [1.54, 1.807) is 0 Å². The molecule has 0 radical (unpaired) electrons. The van der Waals surface area contributed by atoms with E-state index in [9.17, 15) is 0 Å². The van der Waals surface area contributed by atoms with Gasteiger partial charge in [0.1, 0.15) is 0 Å². The van der Waals surface area contributed by atoms with Gasteiger partial charge in [-0.25, -0.2) is 19.8 Å². The maximum atomic E-state index is 8.40. The molecule has 0 fully saturated rings. The van der Waals surface area contributed by atoms with Gasteiger partial charge < -0.3 is 0 Å². The predicted octanol–water partition coefficient (Wildman–Crippen LogP) is 17.2. The van der Waals surface area contributed by atoms with Crippen molar-refractivity contribution in [1.82, 2.24) is 15.0 Å². The summed E-state index contributed by atoms with van der Waals surface area (Å²) in [6.07, 6.45) is 0. The van der Waals surface area contributed by atoms with Gasteiger partial charge in [0.2, 0.25) is 0 Å². The van der Waals surface area contributed by atoms with Crippen molar-refractivity contribution in [2.24, 2.45) is 0 Å². The van der Waals surface area contributed by atoms with Crippen LogP contribution in [0, 0.1) is 6.57 Å². The summed E-state index contributed by atoms with van der Waals surface area (Å²) in [4.78, 5) is 19.5. The minimum Gasteiger partial charge on any atom is -0.237 e. The minimum absolute atomic E-state index is 0.604. The standard InChI is InChI=1S/C64H38N4/c1-65-60-39-46(31-35-56(60)53-25-8-7-24-51(53)52-27-13-26-50-49-23-6-5-14-40(49)30-33-54(50)52)44-20-9-19-43(36-44)45-21-10-22-47(37-45)63-66-62(42-15-3-2-4-16-42)67-64(68-63)48-32-34-55-57-28-11-17-41-18-12-29-58(61(41)57)59(55)38-48/h2-39H. The first-order valence-corrected chi connectivity index (χ1v) is 22.9.